The van der Waals surface area contributed by atoms with Gasteiger partial charge in [-0.15, -0.1) is 0 Å². The Kier molecular flexibility index (Phi) is 5.66. The topological polar surface area (TPSA) is 110 Å². The van der Waals surface area contributed by atoms with Gasteiger partial charge in [0.15, 0.2) is 5.78 Å². The molecule has 3 aromatic heterocycles. The molecule has 1 saturated carbocycles. The number of nitrogens with zero attached hydrogens (tertiary/aromatic N) is 4. The number of rotatable bonds is 7. The molecular weight excluding hydrogens is 399 g/mol. The lowest BCUT2D eigenvalue weighted by Crippen LogP contribution is -2.16. The lowest BCUT2D eigenvalue weighted by atomic mass is 10.1. The second kappa shape index (κ2) is 8.55. The average molecular weight is 420 g/mol. The van der Waals surface area contributed by atoms with E-state index in [4.69, 9.17) is 0 Å². The highest BCUT2D eigenvalue weighted by atomic mass is 19.1. The van der Waals surface area contributed by atoms with E-state index in [1.54, 1.807) is 37.5 Å². The Labute approximate surface area is 178 Å². The molecule has 4 rings (SSSR count). The van der Waals surface area contributed by atoms with E-state index in [2.05, 4.69) is 30.6 Å². The summed E-state index contributed by atoms with van der Waals surface area (Å²) in [6.07, 6.45) is 4.14. The van der Waals surface area contributed by atoms with Gasteiger partial charge in [-0.1, -0.05) is 6.92 Å². The number of aromatic nitrogens is 4. The molecule has 0 radical (unpaired) electrons. The predicted octanol–water partition coefficient (Wildman–Crippen LogP) is 3.87. The molecule has 0 aromatic carbocycles. The van der Waals surface area contributed by atoms with Crippen LogP contribution in [0.25, 0.3) is 11.3 Å². The summed E-state index contributed by atoms with van der Waals surface area (Å²) in [6, 6.07) is 6.96. The molecule has 1 amide bonds. The third-order valence-electron chi connectivity index (χ3n) is 5.02. The number of anilines is 3. The van der Waals surface area contributed by atoms with Crippen LogP contribution in [0.3, 0.4) is 0 Å². The number of hydrogen-bond donors (Lipinski definition) is 2. The Morgan fingerprint density at radius 2 is 2.00 bits per heavy atom. The monoisotopic (exact) mass is 420 g/mol. The SMILES string of the molecule is CCC(=O)c1cc(C)c(Nc2ncccc2-c2cc(NC(=O)C3C[C@@H]3F)ncn2)cn1. The van der Waals surface area contributed by atoms with Crippen molar-refractivity contribution in [1.82, 2.24) is 19.9 Å². The molecule has 2 N–H and O–H groups in total. The zero-order chi connectivity index (χ0) is 22.0. The molecule has 3 heterocycles. The van der Waals surface area contributed by atoms with Crippen molar-refractivity contribution >= 4 is 29.0 Å². The van der Waals surface area contributed by atoms with E-state index in [1.165, 1.54) is 6.33 Å². The normalized spacial score (nSPS) is 17.1. The number of halogens is 1. The second-order valence-electron chi connectivity index (χ2n) is 7.32. The molecular formula is C22H21FN6O2. The van der Waals surface area contributed by atoms with E-state index in [0.29, 0.717) is 40.7 Å². The Morgan fingerprint density at radius 3 is 2.71 bits per heavy atom. The van der Waals surface area contributed by atoms with Crippen molar-refractivity contribution in [1.29, 1.82) is 0 Å². The molecule has 3 aromatic rings. The van der Waals surface area contributed by atoms with E-state index < -0.39 is 12.1 Å². The van der Waals surface area contributed by atoms with Crippen molar-refractivity contribution in [2.45, 2.75) is 32.9 Å². The van der Waals surface area contributed by atoms with Gasteiger partial charge >= 0.3 is 0 Å². The van der Waals surface area contributed by atoms with Crippen LogP contribution in [0.2, 0.25) is 0 Å². The van der Waals surface area contributed by atoms with Gasteiger partial charge in [-0.25, -0.2) is 19.3 Å². The van der Waals surface area contributed by atoms with Crippen molar-refractivity contribution in [3.8, 4) is 11.3 Å². The molecule has 8 nitrogen and oxygen atoms in total. The van der Waals surface area contributed by atoms with Crippen LogP contribution in [-0.4, -0.2) is 37.8 Å². The number of alkyl halides is 1. The molecule has 2 atom stereocenters. The molecule has 1 unspecified atom stereocenters. The molecule has 0 aliphatic heterocycles. The summed E-state index contributed by atoms with van der Waals surface area (Å²) in [6.45, 7) is 3.68. The zero-order valence-corrected chi connectivity index (χ0v) is 17.1. The summed E-state index contributed by atoms with van der Waals surface area (Å²) >= 11 is 0. The van der Waals surface area contributed by atoms with Gasteiger partial charge in [0.2, 0.25) is 5.91 Å². The summed E-state index contributed by atoms with van der Waals surface area (Å²) in [5.74, 6) is -0.181. The number of hydrogen-bond acceptors (Lipinski definition) is 7. The summed E-state index contributed by atoms with van der Waals surface area (Å²) in [7, 11) is 0. The minimum absolute atomic E-state index is 0.0194. The average Bonchev–Trinajstić information content (AvgIpc) is 3.52. The number of carbonyl (C=O) groups is 2. The molecule has 0 spiro atoms. The predicted molar refractivity (Wildman–Crippen MR) is 114 cm³/mol. The van der Waals surface area contributed by atoms with Crippen molar-refractivity contribution in [3.63, 3.8) is 0 Å². The molecule has 31 heavy (non-hydrogen) atoms. The lowest BCUT2D eigenvalue weighted by molar-refractivity contribution is -0.117. The highest BCUT2D eigenvalue weighted by molar-refractivity contribution is 5.95. The van der Waals surface area contributed by atoms with Crippen molar-refractivity contribution in [2.75, 3.05) is 10.6 Å². The number of pyridine rings is 2. The molecule has 0 bridgehead atoms. The van der Waals surface area contributed by atoms with Crippen LogP contribution in [0.4, 0.5) is 21.7 Å². The largest absolute Gasteiger partial charge is 0.338 e. The fourth-order valence-electron chi connectivity index (χ4n) is 3.09. The third kappa shape index (κ3) is 4.55. The molecule has 9 heteroatoms. The fourth-order valence-corrected chi connectivity index (χ4v) is 3.09. The second-order valence-corrected chi connectivity index (χ2v) is 7.32. The van der Waals surface area contributed by atoms with Gasteiger partial charge in [-0.05, 0) is 37.1 Å². The maximum atomic E-state index is 13.1. The maximum absolute atomic E-state index is 13.1. The number of amides is 1. The minimum atomic E-state index is -1.08. The molecule has 1 fully saturated rings. The molecule has 0 saturated heterocycles. The summed E-state index contributed by atoms with van der Waals surface area (Å²) in [5.41, 5.74) is 3.21. The Balaban J connectivity index is 1.59. The van der Waals surface area contributed by atoms with E-state index in [-0.39, 0.29) is 18.1 Å². The van der Waals surface area contributed by atoms with Crippen LogP contribution in [-0.2, 0) is 4.79 Å². The van der Waals surface area contributed by atoms with Crippen LogP contribution >= 0.6 is 0 Å². The standard InChI is InChI=1S/C22H21FN6O2/c1-3-19(30)17-7-12(2)18(10-25-17)28-21-13(5-4-6-24-21)16-9-20(27-11-26-16)29-22(31)14-8-15(14)23/h4-7,9-11,14-15H,3,8H2,1-2H3,(H,24,28)(H,26,27,29,31)/t14?,15-/m0/s1. The first-order valence-electron chi connectivity index (χ1n) is 9.95. The van der Waals surface area contributed by atoms with Crippen LogP contribution < -0.4 is 10.6 Å². The number of Topliss-reactive ketones (excluding diaryl/α,β-unsaturated/α-hetero) is 1. The van der Waals surface area contributed by atoms with E-state index >= 15 is 0 Å². The van der Waals surface area contributed by atoms with Gasteiger partial charge in [-0.3, -0.25) is 14.6 Å². The van der Waals surface area contributed by atoms with E-state index in [9.17, 15) is 14.0 Å². The smallest absolute Gasteiger partial charge is 0.231 e. The first-order valence-corrected chi connectivity index (χ1v) is 9.95. The zero-order valence-electron chi connectivity index (χ0n) is 17.1. The maximum Gasteiger partial charge on any atom is 0.231 e. The summed E-state index contributed by atoms with van der Waals surface area (Å²) in [4.78, 5) is 40.9. The summed E-state index contributed by atoms with van der Waals surface area (Å²) < 4.78 is 13.1. The number of ketones is 1. The third-order valence-corrected chi connectivity index (χ3v) is 5.02. The van der Waals surface area contributed by atoms with Crippen LogP contribution in [0.1, 0.15) is 35.8 Å². The summed E-state index contributed by atoms with van der Waals surface area (Å²) in [5, 5.41) is 5.87. The highest BCUT2D eigenvalue weighted by Gasteiger charge is 2.43. The Hall–Kier alpha value is -3.75. The first-order chi connectivity index (χ1) is 15.0. The van der Waals surface area contributed by atoms with E-state index in [0.717, 1.165) is 5.56 Å². The van der Waals surface area contributed by atoms with Gasteiger partial charge < -0.3 is 10.6 Å². The number of nitrogens with one attached hydrogen (secondary N) is 2. The van der Waals surface area contributed by atoms with Crippen molar-refractivity contribution < 1.29 is 14.0 Å². The minimum Gasteiger partial charge on any atom is -0.338 e. The fraction of sp³-hybridized carbons (Fsp3) is 0.273. The molecule has 1 aliphatic rings. The highest BCUT2D eigenvalue weighted by Crippen LogP contribution is 2.35. The van der Waals surface area contributed by atoms with Crippen LogP contribution in [0.15, 0.2) is 43.0 Å². The van der Waals surface area contributed by atoms with E-state index in [1.807, 2.05) is 13.0 Å². The Morgan fingerprint density at radius 1 is 1.19 bits per heavy atom. The van der Waals surface area contributed by atoms with Crippen LogP contribution in [0.5, 0.6) is 0 Å². The number of carbonyl (C=O) groups excluding carboxylic acids is 2. The quantitative estimate of drug-likeness (QED) is 0.558. The first kappa shape index (κ1) is 20.5. The lowest BCUT2D eigenvalue weighted by Gasteiger charge is -2.13. The van der Waals surface area contributed by atoms with Gasteiger partial charge in [0.25, 0.3) is 0 Å². The van der Waals surface area contributed by atoms with Crippen LogP contribution in [0, 0.1) is 12.8 Å². The van der Waals surface area contributed by atoms with Gasteiger partial charge in [0.05, 0.1) is 23.5 Å². The van der Waals surface area contributed by atoms with Crippen molar-refractivity contribution in [2.24, 2.45) is 5.92 Å². The van der Waals surface area contributed by atoms with Gasteiger partial charge in [0.1, 0.15) is 29.8 Å². The number of aryl methyl sites for hydroxylation is 1. The molecule has 158 valence electrons. The van der Waals surface area contributed by atoms with Crippen molar-refractivity contribution in [3.05, 3.63) is 54.2 Å². The molecule has 1 aliphatic carbocycles. The van der Waals surface area contributed by atoms with Gasteiger partial charge in [-0.2, -0.15) is 0 Å². The Bertz CT molecular complexity index is 1150. The van der Waals surface area contributed by atoms with Gasteiger partial charge in [0, 0.05) is 24.2 Å².